The number of amides is 3. The van der Waals surface area contributed by atoms with E-state index in [1.807, 2.05) is 105 Å². The number of hydrogen-bond donors (Lipinski definition) is 2. The summed E-state index contributed by atoms with van der Waals surface area (Å²) < 4.78 is 1.71. The molecule has 7 heteroatoms. The largest absolute Gasteiger partial charge is 0.322 e. The molecule has 4 aromatic rings. The zero-order valence-corrected chi connectivity index (χ0v) is 19.9. The number of benzene rings is 3. The van der Waals surface area contributed by atoms with Crippen LogP contribution in [0.3, 0.4) is 0 Å². The number of carbonyl (C=O) groups is 2. The highest BCUT2D eigenvalue weighted by molar-refractivity contribution is 5.97. The van der Waals surface area contributed by atoms with Crippen molar-refractivity contribution in [3.63, 3.8) is 0 Å². The number of urea groups is 1. The van der Waals surface area contributed by atoms with Gasteiger partial charge < -0.3 is 15.5 Å². The molecule has 0 bridgehead atoms. The number of carbonyl (C=O) groups excluding carboxylic acids is 2. The van der Waals surface area contributed by atoms with Crippen molar-refractivity contribution in [2.24, 2.45) is 0 Å². The van der Waals surface area contributed by atoms with Gasteiger partial charge in [-0.25, -0.2) is 9.48 Å². The lowest BCUT2D eigenvalue weighted by Crippen LogP contribution is -2.41. The number of nitrogens with one attached hydrogen (secondary N) is 2. The predicted octanol–water partition coefficient (Wildman–Crippen LogP) is 5.73. The molecule has 0 spiro atoms. The van der Waals surface area contributed by atoms with Crippen LogP contribution in [0.2, 0.25) is 0 Å². The fourth-order valence-corrected chi connectivity index (χ4v) is 3.77. The van der Waals surface area contributed by atoms with Crippen molar-refractivity contribution in [2.45, 2.75) is 20.3 Å². The fourth-order valence-electron chi connectivity index (χ4n) is 3.77. The van der Waals surface area contributed by atoms with Gasteiger partial charge >= 0.3 is 6.03 Å². The molecule has 0 fully saturated rings. The van der Waals surface area contributed by atoms with Gasteiger partial charge in [-0.2, -0.15) is 5.10 Å². The fraction of sp³-hybridized carbons (Fsp3) is 0.179. The molecule has 1 aromatic heterocycles. The Kier molecular flexibility index (Phi) is 7.57. The van der Waals surface area contributed by atoms with Crippen LogP contribution in [0.15, 0.2) is 91.0 Å². The summed E-state index contributed by atoms with van der Waals surface area (Å²) in [5.41, 5.74) is 4.21. The first kappa shape index (κ1) is 23.8. The molecule has 178 valence electrons. The average molecular weight is 468 g/mol. The maximum absolute atomic E-state index is 13.1. The minimum atomic E-state index is -0.308. The van der Waals surface area contributed by atoms with E-state index < -0.39 is 0 Å². The Morgan fingerprint density at radius 3 is 2.23 bits per heavy atom. The number of hydrogen-bond acceptors (Lipinski definition) is 3. The molecule has 7 nitrogen and oxygen atoms in total. The van der Waals surface area contributed by atoms with Crippen LogP contribution in [0.5, 0.6) is 0 Å². The molecular weight excluding hydrogens is 438 g/mol. The molecule has 0 atom stereocenters. The third-order valence-corrected chi connectivity index (χ3v) is 5.55. The Morgan fingerprint density at radius 2 is 1.54 bits per heavy atom. The van der Waals surface area contributed by atoms with Gasteiger partial charge in [0.05, 0.1) is 11.4 Å². The van der Waals surface area contributed by atoms with Crippen LogP contribution in [-0.2, 0) is 4.79 Å². The second-order valence-electron chi connectivity index (χ2n) is 8.24. The van der Waals surface area contributed by atoms with Crippen LogP contribution in [0.4, 0.5) is 16.3 Å². The summed E-state index contributed by atoms with van der Waals surface area (Å²) >= 11 is 0. The Balaban J connectivity index is 1.54. The average Bonchev–Trinajstić information content (AvgIpc) is 3.30. The van der Waals surface area contributed by atoms with Crippen molar-refractivity contribution in [2.75, 3.05) is 23.7 Å². The van der Waals surface area contributed by atoms with Gasteiger partial charge in [-0.05, 0) is 37.1 Å². The maximum Gasteiger partial charge on any atom is 0.322 e. The van der Waals surface area contributed by atoms with Gasteiger partial charge in [0.2, 0.25) is 5.91 Å². The highest BCUT2D eigenvalue weighted by Gasteiger charge is 2.19. The molecule has 3 aromatic carbocycles. The topological polar surface area (TPSA) is 79.3 Å². The van der Waals surface area contributed by atoms with Crippen LogP contribution < -0.4 is 10.6 Å². The summed E-state index contributed by atoms with van der Waals surface area (Å²) in [6, 6.07) is 28.5. The van der Waals surface area contributed by atoms with Crippen molar-refractivity contribution < 1.29 is 9.59 Å². The lowest BCUT2D eigenvalue weighted by molar-refractivity contribution is -0.116. The third kappa shape index (κ3) is 5.95. The zero-order chi connectivity index (χ0) is 24.6. The molecule has 0 aliphatic heterocycles. The lowest BCUT2D eigenvalue weighted by atomic mass is 10.1. The molecule has 0 radical (unpaired) electrons. The number of rotatable bonds is 8. The smallest absolute Gasteiger partial charge is 0.315 e. The lowest BCUT2D eigenvalue weighted by Gasteiger charge is -2.22. The van der Waals surface area contributed by atoms with Crippen molar-refractivity contribution >= 4 is 23.4 Å². The van der Waals surface area contributed by atoms with Gasteiger partial charge in [0, 0.05) is 23.9 Å². The Morgan fingerprint density at radius 1 is 0.886 bits per heavy atom. The molecule has 3 amide bonds. The maximum atomic E-state index is 13.1. The second-order valence-corrected chi connectivity index (χ2v) is 8.24. The number of aryl methyl sites for hydroxylation is 1. The molecule has 2 N–H and O–H groups in total. The van der Waals surface area contributed by atoms with Gasteiger partial charge in [0.15, 0.2) is 0 Å². The van der Waals surface area contributed by atoms with E-state index in [2.05, 4.69) is 10.6 Å². The molecule has 4 rings (SSSR count). The number of anilines is 2. The molecule has 0 aliphatic rings. The van der Waals surface area contributed by atoms with E-state index in [0.29, 0.717) is 12.4 Å². The van der Waals surface area contributed by atoms with Crippen molar-refractivity contribution in [1.82, 2.24) is 14.7 Å². The van der Waals surface area contributed by atoms with Crippen LogP contribution in [-0.4, -0.2) is 39.7 Å². The monoisotopic (exact) mass is 467 g/mol. The minimum absolute atomic E-state index is 0.0772. The van der Waals surface area contributed by atoms with Crippen molar-refractivity contribution in [3.8, 4) is 16.9 Å². The first-order chi connectivity index (χ1) is 17.0. The first-order valence-corrected chi connectivity index (χ1v) is 11.7. The van der Waals surface area contributed by atoms with Crippen molar-refractivity contribution in [3.05, 3.63) is 96.6 Å². The summed E-state index contributed by atoms with van der Waals surface area (Å²) in [6.07, 6.45) is 0.731. The van der Waals surface area contributed by atoms with Crippen LogP contribution in [0, 0.1) is 6.92 Å². The SMILES string of the molecule is CCCN(CC(=O)Nc1cc(-c2ccccc2)nn1-c1ccccc1)C(=O)Nc1ccccc1C. The van der Waals surface area contributed by atoms with Gasteiger partial charge in [0.25, 0.3) is 0 Å². The van der Waals surface area contributed by atoms with Gasteiger partial charge in [-0.3, -0.25) is 4.79 Å². The molecular formula is C28H29N5O2. The summed E-state index contributed by atoms with van der Waals surface area (Å²) in [4.78, 5) is 27.5. The van der Waals surface area contributed by atoms with E-state index in [-0.39, 0.29) is 18.5 Å². The highest BCUT2D eigenvalue weighted by atomic mass is 16.2. The number of aromatic nitrogens is 2. The molecule has 0 saturated carbocycles. The summed E-state index contributed by atoms with van der Waals surface area (Å²) in [7, 11) is 0. The van der Waals surface area contributed by atoms with E-state index in [0.717, 1.165) is 34.6 Å². The van der Waals surface area contributed by atoms with E-state index in [1.165, 1.54) is 4.90 Å². The van der Waals surface area contributed by atoms with Gasteiger partial charge in [-0.1, -0.05) is 73.7 Å². The number of para-hydroxylation sites is 2. The normalized spacial score (nSPS) is 10.6. The van der Waals surface area contributed by atoms with E-state index in [4.69, 9.17) is 5.10 Å². The van der Waals surface area contributed by atoms with Crippen molar-refractivity contribution in [1.29, 1.82) is 0 Å². The van der Waals surface area contributed by atoms with Gasteiger partial charge in [-0.15, -0.1) is 0 Å². The zero-order valence-electron chi connectivity index (χ0n) is 19.9. The summed E-state index contributed by atoms with van der Waals surface area (Å²) in [5.74, 6) is 0.242. The molecule has 0 unspecified atom stereocenters. The van der Waals surface area contributed by atoms with E-state index >= 15 is 0 Å². The quantitative estimate of drug-likeness (QED) is 0.347. The van der Waals surface area contributed by atoms with E-state index in [9.17, 15) is 9.59 Å². The van der Waals surface area contributed by atoms with Crippen LogP contribution >= 0.6 is 0 Å². The second kappa shape index (κ2) is 11.2. The molecule has 0 aliphatic carbocycles. The van der Waals surface area contributed by atoms with Gasteiger partial charge in [0.1, 0.15) is 12.4 Å². The highest BCUT2D eigenvalue weighted by Crippen LogP contribution is 2.24. The molecule has 0 saturated heterocycles. The minimum Gasteiger partial charge on any atom is -0.315 e. The standard InChI is InChI=1S/C28H29N5O2/c1-3-18-32(28(35)29-24-17-11-10-12-21(24)2)20-27(34)30-26-19-25(22-13-6-4-7-14-22)31-33(26)23-15-8-5-9-16-23/h4-17,19H,3,18,20H2,1-2H3,(H,29,35)(H,30,34). The Bertz CT molecular complexity index is 1290. The first-order valence-electron chi connectivity index (χ1n) is 11.7. The van der Waals surface area contributed by atoms with E-state index in [1.54, 1.807) is 4.68 Å². The summed E-state index contributed by atoms with van der Waals surface area (Å²) in [6.45, 7) is 4.29. The number of nitrogens with zero attached hydrogens (tertiary/aromatic N) is 3. The molecule has 1 heterocycles. The summed E-state index contributed by atoms with van der Waals surface area (Å²) in [5, 5.41) is 10.6. The molecule has 35 heavy (non-hydrogen) atoms. The third-order valence-electron chi connectivity index (χ3n) is 5.55. The Hall–Kier alpha value is -4.39. The van der Waals surface area contributed by atoms with Crippen LogP contribution in [0.1, 0.15) is 18.9 Å². The Labute approximate surface area is 205 Å². The predicted molar refractivity (Wildman–Crippen MR) is 140 cm³/mol. The van der Waals surface area contributed by atoms with Crippen LogP contribution in [0.25, 0.3) is 16.9 Å².